The molecule has 1 N–H and O–H groups in total. The Kier molecular flexibility index (Phi) is 6.63. The summed E-state index contributed by atoms with van der Waals surface area (Å²) >= 11 is 1.34. The second-order valence-corrected chi connectivity index (χ2v) is 6.86. The van der Waals surface area contributed by atoms with Gasteiger partial charge in [0, 0.05) is 10.9 Å². The van der Waals surface area contributed by atoms with E-state index in [1.54, 1.807) is 45.2 Å². The molecule has 0 aliphatic rings. The molecule has 140 valence electrons. The molecule has 1 aromatic heterocycles. The predicted molar refractivity (Wildman–Crippen MR) is 101 cm³/mol. The van der Waals surface area contributed by atoms with Gasteiger partial charge in [-0.3, -0.25) is 4.79 Å². The van der Waals surface area contributed by atoms with Crippen LogP contribution in [0.4, 0.5) is 5.00 Å². The van der Waals surface area contributed by atoms with Crippen LogP contribution in [0.5, 0.6) is 11.5 Å². The minimum absolute atomic E-state index is 0.274. The first kappa shape index (κ1) is 19.8. The van der Waals surface area contributed by atoms with Gasteiger partial charge in [0.25, 0.3) is 5.91 Å². The van der Waals surface area contributed by atoms with Crippen molar-refractivity contribution >= 4 is 28.2 Å². The summed E-state index contributed by atoms with van der Waals surface area (Å²) in [5, 5.41) is 3.26. The molecule has 1 aromatic carbocycles. The molecule has 2 rings (SSSR count). The Morgan fingerprint density at radius 2 is 1.92 bits per heavy atom. The van der Waals surface area contributed by atoms with Gasteiger partial charge in [0.2, 0.25) is 0 Å². The number of hydrogen-bond acceptors (Lipinski definition) is 6. The standard InChI is InChI=1S/C19H23NO5S/c1-6-24-19(22)16-11(2)13(4)26-18(16)20-17(21)12(3)25-15-9-7-8-14(10-15)23-5/h7-10,12H,6H2,1-5H3,(H,20,21). The zero-order chi connectivity index (χ0) is 19.3. The van der Waals surface area contributed by atoms with Crippen molar-refractivity contribution in [2.75, 3.05) is 19.0 Å². The fourth-order valence-electron chi connectivity index (χ4n) is 2.31. The van der Waals surface area contributed by atoms with Crippen LogP contribution in [0.15, 0.2) is 24.3 Å². The van der Waals surface area contributed by atoms with Gasteiger partial charge in [-0.2, -0.15) is 0 Å². The monoisotopic (exact) mass is 377 g/mol. The second-order valence-electron chi connectivity index (χ2n) is 5.64. The SMILES string of the molecule is CCOC(=O)c1c(NC(=O)C(C)Oc2cccc(OC)c2)sc(C)c1C. The van der Waals surface area contributed by atoms with Gasteiger partial charge in [0.15, 0.2) is 6.10 Å². The first-order valence-electron chi connectivity index (χ1n) is 8.26. The van der Waals surface area contributed by atoms with Crippen molar-refractivity contribution in [1.29, 1.82) is 0 Å². The molecule has 7 heteroatoms. The van der Waals surface area contributed by atoms with E-state index in [2.05, 4.69) is 5.32 Å². The van der Waals surface area contributed by atoms with Crippen molar-refractivity contribution < 1.29 is 23.8 Å². The maximum absolute atomic E-state index is 12.5. The molecule has 26 heavy (non-hydrogen) atoms. The molecule has 0 spiro atoms. The first-order chi connectivity index (χ1) is 12.4. The van der Waals surface area contributed by atoms with Gasteiger partial charge in [0.1, 0.15) is 16.5 Å². The molecule has 0 radical (unpaired) electrons. The van der Waals surface area contributed by atoms with Gasteiger partial charge in [-0.1, -0.05) is 6.07 Å². The third-order valence-corrected chi connectivity index (χ3v) is 4.95. The normalized spacial score (nSPS) is 11.6. The molecule has 1 unspecified atom stereocenters. The predicted octanol–water partition coefficient (Wildman–Crippen LogP) is 3.96. The summed E-state index contributed by atoms with van der Waals surface area (Å²) in [5.41, 5.74) is 1.21. The van der Waals surface area contributed by atoms with Gasteiger partial charge in [0.05, 0.1) is 19.3 Å². The first-order valence-corrected chi connectivity index (χ1v) is 9.07. The molecular weight excluding hydrogens is 354 g/mol. The van der Waals surface area contributed by atoms with E-state index in [1.165, 1.54) is 11.3 Å². The van der Waals surface area contributed by atoms with Gasteiger partial charge in [-0.15, -0.1) is 11.3 Å². The molecule has 0 aliphatic carbocycles. The summed E-state index contributed by atoms with van der Waals surface area (Å²) in [5.74, 6) is 0.381. The number of aryl methyl sites for hydroxylation is 1. The van der Waals surface area contributed by atoms with E-state index >= 15 is 0 Å². The van der Waals surface area contributed by atoms with Gasteiger partial charge < -0.3 is 19.5 Å². The van der Waals surface area contributed by atoms with Crippen LogP contribution in [0.1, 0.15) is 34.6 Å². The molecule has 1 heterocycles. The second kappa shape index (κ2) is 8.71. The average Bonchev–Trinajstić information content (AvgIpc) is 2.89. The number of thiophene rings is 1. The number of rotatable bonds is 7. The highest BCUT2D eigenvalue weighted by Crippen LogP contribution is 2.33. The van der Waals surface area contributed by atoms with Gasteiger partial charge in [-0.25, -0.2) is 4.79 Å². The van der Waals surface area contributed by atoms with E-state index in [4.69, 9.17) is 14.2 Å². The smallest absolute Gasteiger partial charge is 0.341 e. The van der Waals surface area contributed by atoms with Crippen molar-refractivity contribution in [3.05, 3.63) is 40.3 Å². The number of esters is 1. The molecule has 1 amide bonds. The average molecular weight is 377 g/mol. The highest BCUT2D eigenvalue weighted by atomic mass is 32.1. The molecule has 0 aliphatic heterocycles. The molecule has 2 aromatic rings. The van der Waals surface area contributed by atoms with Gasteiger partial charge >= 0.3 is 5.97 Å². The summed E-state index contributed by atoms with van der Waals surface area (Å²) in [6.07, 6.45) is -0.750. The summed E-state index contributed by atoms with van der Waals surface area (Å²) < 4.78 is 15.9. The number of benzene rings is 1. The lowest BCUT2D eigenvalue weighted by atomic mass is 10.1. The van der Waals surface area contributed by atoms with Crippen LogP contribution >= 0.6 is 11.3 Å². The molecule has 0 fully saturated rings. The van der Waals surface area contributed by atoms with E-state index in [9.17, 15) is 9.59 Å². The van der Waals surface area contributed by atoms with E-state index in [-0.39, 0.29) is 12.5 Å². The lowest BCUT2D eigenvalue weighted by Crippen LogP contribution is -2.30. The molecular formula is C19H23NO5S. The van der Waals surface area contributed by atoms with Crippen molar-refractivity contribution in [2.24, 2.45) is 0 Å². The summed E-state index contributed by atoms with van der Waals surface area (Å²) in [6.45, 7) is 7.40. The zero-order valence-corrected chi connectivity index (χ0v) is 16.4. The largest absolute Gasteiger partial charge is 0.497 e. The summed E-state index contributed by atoms with van der Waals surface area (Å²) in [7, 11) is 1.56. The third kappa shape index (κ3) is 4.54. The number of carbonyl (C=O) groups excluding carboxylic acids is 2. The molecule has 0 saturated heterocycles. The Labute approximate surface area is 157 Å². The molecule has 1 atom stereocenters. The number of nitrogens with one attached hydrogen (secondary N) is 1. The Morgan fingerprint density at radius 1 is 1.23 bits per heavy atom. The Bertz CT molecular complexity index is 799. The Hall–Kier alpha value is -2.54. The highest BCUT2D eigenvalue weighted by Gasteiger charge is 2.24. The number of hydrogen-bond donors (Lipinski definition) is 1. The molecule has 0 saturated carbocycles. The van der Waals surface area contributed by atoms with Crippen molar-refractivity contribution in [2.45, 2.75) is 33.8 Å². The Morgan fingerprint density at radius 3 is 2.58 bits per heavy atom. The van der Waals surface area contributed by atoms with Crippen LogP contribution in [-0.4, -0.2) is 31.7 Å². The van der Waals surface area contributed by atoms with E-state index in [0.29, 0.717) is 22.1 Å². The maximum atomic E-state index is 12.5. The van der Waals surface area contributed by atoms with Crippen LogP contribution < -0.4 is 14.8 Å². The fourth-order valence-corrected chi connectivity index (χ4v) is 3.36. The van der Waals surface area contributed by atoms with Crippen molar-refractivity contribution in [1.82, 2.24) is 0 Å². The maximum Gasteiger partial charge on any atom is 0.341 e. The van der Waals surface area contributed by atoms with Crippen LogP contribution in [0.25, 0.3) is 0 Å². The number of amides is 1. The van der Waals surface area contributed by atoms with E-state index in [1.807, 2.05) is 13.8 Å². The lowest BCUT2D eigenvalue weighted by Gasteiger charge is -2.15. The number of anilines is 1. The van der Waals surface area contributed by atoms with Crippen LogP contribution in [0, 0.1) is 13.8 Å². The minimum Gasteiger partial charge on any atom is -0.497 e. The van der Waals surface area contributed by atoms with Crippen molar-refractivity contribution in [3.63, 3.8) is 0 Å². The fraction of sp³-hybridized carbons (Fsp3) is 0.368. The topological polar surface area (TPSA) is 73.9 Å². The van der Waals surface area contributed by atoms with Crippen molar-refractivity contribution in [3.8, 4) is 11.5 Å². The quantitative estimate of drug-likeness (QED) is 0.740. The molecule has 6 nitrogen and oxygen atoms in total. The van der Waals surface area contributed by atoms with E-state index in [0.717, 1.165) is 10.4 Å². The third-order valence-electron chi connectivity index (χ3n) is 3.82. The summed E-state index contributed by atoms with van der Waals surface area (Å²) in [4.78, 5) is 25.7. The lowest BCUT2D eigenvalue weighted by molar-refractivity contribution is -0.122. The minimum atomic E-state index is -0.750. The van der Waals surface area contributed by atoms with Gasteiger partial charge in [-0.05, 0) is 45.4 Å². The zero-order valence-electron chi connectivity index (χ0n) is 15.5. The highest BCUT2D eigenvalue weighted by molar-refractivity contribution is 7.16. The summed E-state index contributed by atoms with van der Waals surface area (Å²) in [6, 6.07) is 7.02. The van der Waals surface area contributed by atoms with E-state index < -0.39 is 12.1 Å². The van der Waals surface area contributed by atoms with Crippen LogP contribution in [0.3, 0.4) is 0 Å². The van der Waals surface area contributed by atoms with Crippen LogP contribution in [-0.2, 0) is 9.53 Å². The number of ether oxygens (including phenoxy) is 3. The number of carbonyl (C=O) groups is 2. The molecule has 0 bridgehead atoms. The Balaban J connectivity index is 2.13. The van der Waals surface area contributed by atoms with Crippen LogP contribution in [0.2, 0.25) is 0 Å². The number of methoxy groups -OCH3 is 1.